The SMILES string of the molecule is c1ccc(N(c2ccc(-c3ccc4c(c3)C3(c5ccccc5Oc5c3ccc3ccccc53)c3ccccc3-4)c3ccccc23)c2cccc3c2oc2ccccc23)cc1. The Labute approximate surface area is 347 Å². The molecule has 1 aliphatic heterocycles. The van der Waals surface area contributed by atoms with Crippen LogP contribution in [0.15, 0.2) is 217 Å². The number of rotatable bonds is 4. The second kappa shape index (κ2) is 12.6. The van der Waals surface area contributed by atoms with Gasteiger partial charge < -0.3 is 14.1 Å². The molecule has 60 heavy (non-hydrogen) atoms. The van der Waals surface area contributed by atoms with Crippen molar-refractivity contribution in [3.8, 4) is 33.8 Å². The maximum absolute atomic E-state index is 6.92. The van der Waals surface area contributed by atoms with Gasteiger partial charge in [-0.05, 0) is 86.6 Å². The molecular weight excluding hydrogens is 731 g/mol. The van der Waals surface area contributed by atoms with Gasteiger partial charge in [0.2, 0.25) is 0 Å². The smallest absolute Gasteiger partial charge is 0.159 e. The van der Waals surface area contributed by atoms with Crippen LogP contribution >= 0.6 is 0 Å². The highest BCUT2D eigenvalue weighted by atomic mass is 16.5. The summed E-state index contributed by atoms with van der Waals surface area (Å²) in [5.41, 5.74) is 14.0. The van der Waals surface area contributed by atoms with Crippen molar-refractivity contribution in [2.45, 2.75) is 5.41 Å². The lowest BCUT2D eigenvalue weighted by molar-refractivity contribution is 0.442. The predicted octanol–water partition coefficient (Wildman–Crippen LogP) is 15.5. The van der Waals surface area contributed by atoms with Crippen LogP contribution in [0.3, 0.4) is 0 Å². The zero-order chi connectivity index (χ0) is 39.4. The summed E-state index contributed by atoms with van der Waals surface area (Å²) in [4.78, 5) is 2.35. The summed E-state index contributed by atoms with van der Waals surface area (Å²) in [6.07, 6.45) is 0. The standard InChI is InChI=1S/C57H35NO2/c1-2-16-38(17-3-1)58(52-26-14-23-46-45-22-9-12-27-53(45)59-56(46)52)51-34-32-39(41-19-6-7-21-44(41)51)37-29-31-43-42-20-8-10-24-47(42)57(50(43)35-37)48-25-11-13-28-54(48)60-55-40-18-5-4-15-36(40)30-33-49(55)57/h1-35H. The van der Waals surface area contributed by atoms with Crippen LogP contribution in [-0.4, -0.2) is 0 Å². The molecular formula is C57H35NO2. The van der Waals surface area contributed by atoms with Crippen LogP contribution in [0.4, 0.5) is 17.1 Å². The number of benzene rings is 10. The number of fused-ring (bicyclic) bond motifs is 15. The maximum Gasteiger partial charge on any atom is 0.159 e. The van der Waals surface area contributed by atoms with Gasteiger partial charge in [0.1, 0.15) is 17.1 Å². The molecule has 3 nitrogen and oxygen atoms in total. The van der Waals surface area contributed by atoms with E-state index in [0.717, 1.165) is 66.8 Å². The van der Waals surface area contributed by atoms with E-state index >= 15 is 0 Å². The highest BCUT2D eigenvalue weighted by molar-refractivity contribution is 6.13. The van der Waals surface area contributed by atoms with Crippen molar-refractivity contribution in [1.82, 2.24) is 0 Å². The van der Waals surface area contributed by atoms with Crippen molar-refractivity contribution in [3.63, 3.8) is 0 Å². The molecule has 1 atom stereocenters. The predicted molar refractivity (Wildman–Crippen MR) is 246 cm³/mol. The zero-order valence-corrected chi connectivity index (χ0v) is 32.5. The Kier molecular flexibility index (Phi) is 6.93. The summed E-state index contributed by atoms with van der Waals surface area (Å²) < 4.78 is 13.6. The monoisotopic (exact) mass is 765 g/mol. The van der Waals surface area contributed by atoms with Gasteiger partial charge in [-0.25, -0.2) is 0 Å². The summed E-state index contributed by atoms with van der Waals surface area (Å²) >= 11 is 0. The number of hydrogen-bond donors (Lipinski definition) is 0. The fourth-order valence-electron chi connectivity index (χ4n) is 10.4. The van der Waals surface area contributed by atoms with Crippen LogP contribution in [0.2, 0.25) is 0 Å². The van der Waals surface area contributed by atoms with Crippen LogP contribution < -0.4 is 9.64 Å². The van der Waals surface area contributed by atoms with Gasteiger partial charge in [-0.1, -0.05) is 170 Å². The highest BCUT2D eigenvalue weighted by Gasteiger charge is 2.51. The van der Waals surface area contributed by atoms with Crippen molar-refractivity contribution < 1.29 is 9.15 Å². The van der Waals surface area contributed by atoms with Gasteiger partial charge in [0.25, 0.3) is 0 Å². The molecule has 0 saturated carbocycles. The molecule has 280 valence electrons. The van der Waals surface area contributed by atoms with Crippen LogP contribution in [0.5, 0.6) is 11.5 Å². The largest absolute Gasteiger partial charge is 0.456 e. The van der Waals surface area contributed by atoms with E-state index in [1.54, 1.807) is 0 Å². The number of hydrogen-bond acceptors (Lipinski definition) is 3. The highest BCUT2D eigenvalue weighted by Crippen LogP contribution is 2.63. The number of anilines is 3. The molecule has 1 aliphatic carbocycles. The average Bonchev–Trinajstić information content (AvgIpc) is 3.84. The van der Waals surface area contributed by atoms with Gasteiger partial charge in [-0.2, -0.15) is 0 Å². The van der Waals surface area contributed by atoms with E-state index in [1.165, 1.54) is 49.7 Å². The van der Waals surface area contributed by atoms with Crippen molar-refractivity contribution >= 4 is 60.5 Å². The molecule has 2 heterocycles. The Morgan fingerprint density at radius 2 is 1.07 bits per heavy atom. The second-order valence-electron chi connectivity index (χ2n) is 15.9. The van der Waals surface area contributed by atoms with Gasteiger partial charge in [0, 0.05) is 38.4 Å². The van der Waals surface area contributed by atoms with E-state index in [9.17, 15) is 0 Å². The lowest BCUT2D eigenvalue weighted by Gasteiger charge is -2.40. The Morgan fingerprint density at radius 1 is 0.383 bits per heavy atom. The molecule has 1 unspecified atom stereocenters. The van der Waals surface area contributed by atoms with Crippen LogP contribution in [0.25, 0.3) is 65.7 Å². The Bertz CT molecular complexity index is 3550. The van der Waals surface area contributed by atoms with Gasteiger partial charge in [0.05, 0.1) is 16.8 Å². The first-order valence-electron chi connectivity index (χ1n) is 20.6. The first kappa shape index (κ1) is 33.1. The lowest BCUT2D eigenvalue weighted by Crippen LogP contribution is -2.32. The van der Waals surface area contributed by atoms with Crippen molar-refractivity contribution in [3.05, 3.63) is 235 Å². The molecule has 13 rings (SSSR count). The second-order valence-corrected chi connectivity index (χ2v) is 15.9. The fraction of sp³-hybridized carbons (Fsp3) is 0.0175. The third kappa shape index (κ3) is 4.49. The van der Waals surface area contributed by atoms with Crippen LogP contribution in [0.1, 0.15) is 22.3 Å². The summed E-state index contributed by atoms with van der Waals surface area (Å²) in [6.45, 7) is 0. The van der Waals surface area contributed by atoms with Gasteiger partial charge >= 0.3 is 0 Å². The fourth-order valence-corrected chi connectivity index (χ4v) is 10.4. The number of para-hydroxylation sites is 4. The summed E-state index contributed by atoms with van der Waals surface area (Å²) in [5.74, 6) is 1.82. The topological polar surface area (TPSA) is 25.6 Å². The van der Waals surface area contributed by atoms with E-state index in [-0.39, 0.29) is 0 Å². The molecule has 0 amide bonds. The molecule has 0 fully saturated rings. The van der Waals surface area contributed by atoms with Crippen molar-refractivity contribution in [2.24, 2.45) is 0 Å². The van der Waals surface area contributed by atoms with Crippen molar-refractivity contribution in [2.75, 3.05) is 4.90 Å². The van der Waals surface area contributed by atoms with E-state index in [2.05, 4.69) is 211 Å². The molecule has 2 aliphatic rings. The number of nitrogens with zero attached hydrogens (tertiary/aromatic N) is 1. The summed E-state index contributed by atoms with van der Waals surface area (Å²) in [5, 5.41) is 6.83. The van der Waals surface area contributed by atoms with Gasteiger partial charge in [-0.15, -0.1) is 0 Å². The lowest BCUT2D eigenvalue weighted by atomic mass is 9.65. The molecule has 1 spiro atoms. The quantitative estimate of drug-likeness (QED) is 0.178. The molecule has 0 saturated heterocycles. The van der Waals surface area contributed by atoms with E-state index in [1.807, 2.05) is 6.07 Å². The number of ether oxygens (including phenoxy) is 1. The normalized spacial score (nSPS) is 14.9. The minimum atomic E-state index is -0.582. The molecule has 0 radical (unpaired) electrons. The Morgan fingerprint density at radius 3 is 1.97 bits per heavy atom. The first-order chi connectivity index (χ1) is 29.8. The van der Waals surface area contributed by atoms with Crippen LogP contribution in [0, 0.1) is 0 Å². The summed E-state index contributed by atoms with van der Waals surface area (Å²) in [7, 11) is 0. The molecule has 1 aromatic heterocycles. The molecule has 0 bridgehead atoms. The van der Waals surface area contributed by atoms with Crippen LogP contribution in [-0.2, 0) is 5.41 Å². The van der Waals surface area contributed by atoms with E-state index < -0.39 is 5.41 Å². The number of furan rings is 1. The van der Waals surface area contributed by atoms with Crippen molar-refractivity contribution in [1.29, 1.82) is 0 Å². The molecule has 0 N–H and O–H groups in total. The zero-order valence-electron chi connectivity index (χ0n) is 32.5. The summed E-state index contributed by atoms with van der Waals surface area (Å²) in [6, 6.07) is 76.6. The molecule has 3 heteroatoms. The van der Waals surface area contributed by atoms with E-state index in [4.69, 9.17) is 9.15 Å². The maximum atomic E-state index is 6.92. The van der Waals surface area contributed by atoms with Gasteiger partial charge in [0.15, 0.2) is 5.58 Å². The Balaban J connectivity index is 1.05. The third-order valence-electron chi connectivity index (χ3n) is 12.9. The Hall–Kier alpha value is -7.88. The third-order valence-corrected chi connectivity index (χ3v) is 12.9. The molecule has 10 aromatic carbocycles. The van der Waals surface area contributed by atoms with Gasteiger partial charge in [-0.3, -0.25) is 0 Å². The minimum absolute atomic E-state index is 0.582. The average molecular weight is 766 g/mol. The first-order valence-corrected chi connectivity index (χ1v) is 20.6. The van der Waals surface area contributed by atoms with E-state index in [0.29, 0.717) is 0 Å². The minimum Gasteiger partial charge on any atom is -0.456 e. The molecule has 11 aromatic rings.